The number of non-ortho nitro benzene ring substituents is 1. The zero-order valence-corrected chi connectivity index (χ0v) is 9.78. The van der Waals surface area contributed by atoms with Crippen LogP contribution in [0.3, 0.4) is 0 Å². The van der Waals surface area contributed by atoms with Gasteiger partial charge in [0, 0.05) is 12.1 Å². The highest BCUT2D eigenvalue weighted by molar-refractivity contribution is 5.28. The van der Waals surface area contributed by atoms with Gasteiger partial charge in [0.25, 0.3) is 5.69 Å². The van der Waals surface area contributed by atoms with Crippen molar-refractivity contribution >= 4 is 5.69 Å². The minimum Gasteiger partial charge on any atom is -0.372 e. The summed E-state index contributed by atoms with van der Waals surface area (Å²) in [6.07, 6.45) is 0. The molecular weight excluding hydrogens is 230 g/mol. The molecule has 0 spiro atoms. The van der Waals surface area contributed by atoms with Crippen molar-refractivity contribution in [3.8, 4) is 0 Å². The molecule has 0 saturated heterocycles. The van der Waals surface area contributed by atoms with Gasteiger partial charge in [0.1, 0.15) is 0 Å². The molecule has 0 saturated carbocycles. The summed E-state index contributed by atoms with van der Waals surface area (Å²) in [4.78, 5) is 9.59. The maximum Gasteiger partial charge on any atom is 0.269 e. The first-order valence-corrected chi connectivity index (χ1v) is 5.61. The van der Waals surface area contributed by atoms with Crippen LogP contribution in [0.15, 0.2) is 54.6 Å². The summed E-state index contributed by atoms with van der Waals surface area (Å²) in [6.45, 7) is 1.60. The molecule has 18 heavy (non-hydrogen) atoms. The van der Waals surface area contributed by atoms with Crippen LogP contribution in [0.2, 0.25) is 0 Å². The van der Waals surface area contributed by atoms with Crippen molar-refractivity contribution in [1.29, 1.82) is 0 Å². The van der Waals surface area contributed by atoms with Crippen molar-refractivity contribution in [2.45, 2.75) is 13.2 Å². The number of nitro groups is 1. The number of fused-ring (bicyclic) bond motifs is 1. The minimum atomic E-state index is -0.417. The lowest BCUT2D eigenvalue weighted by atomic mass is 10.1. The maximum absolute atomic E-state index is 10.0. The summed E-state index contributed by atoms with van der Waals surface area (Å²) in [5, 5.41) is 10.0. The van der Waals surface area contributed by atoms with E-state index in [2.05, 4.69) is 12.1 Å². The van der Waals surface area contributed by atoms with Gasteiger partial charge in [-0.15, -0.1) is 0 Å². The summed E-state index contributed by atoms with van der Waals surface area (Å²) >= 11 is 0. The number of hydrogen-bond acceptors (Lipinski definition) is 3. The van der Waals surface area contributed by atoms with E-state index in [0.29, 0.717) is 0 Å². The molecule has 3 rings (SSSR count). The summed E-state index contributed by atoms with van der Waals surface area (Å²) in [5.41, 5.74) is 2.83. The number of nitro benzene ring substituents is 1. The molecule has 4 heteroatoms. The van der Waals surface area contributed by atoms with Crippen molar-refractivity contribution in [3.05, 3.63) is 75.8 Å². The second-order valence-corrected chi connectivity index (χ2v) is 3.85. The Labute approximate surface area is 105 Å². The van der Waals surface area contributed by atoms with Gasteiger partial charge < -0.3 is 4.74 Å². The quantitative estimate of drug-likeness (QED) is 0.570. The van der Waals surface area contributed by atoms with Crippen LogP contribution in [0.5, 0.6) is 0 Å². The lowest BCUT2D eigenvalue weighted by molar-refractivity contribution is -0.384. The molecule has 0 N–H and O–H groups in total. The normalized spacial score (nSPS) is 12.2. The van der Waals surface area contributed by atoms with E-state index in [0.717, 1.165) is 13.2 Å². The average molecular weight is 243 g/mol. The van der Waals surface area contributed by atoms with E-state index in [1.54, 1.807) is 18.2 Å². The molecule has 0 aliphatic carbocycles. The van der Waals surface area contributed by atoms with Crippen LogP contribution in [0.1, 0.15) is 11.1 Å². The van der Waals surface area contributed by atoms with Crippen molar-refractivity contribution in [3.63, 3.8) is 0 Å². The molecule has 0 atom stereocenters. The number of nitrogens with zero attached hydrogens (tertiary/aromatic N) is 1. The van der Waals surface area contributed by atoms with Gasteiger partial charge in [0.15, 0.2) is 0 Å². The molecule has 0 amide bonds. The van der Waals surface area contributed by atoms with Crippen molar-refractivity contribution in [1.82, 2.24) is 0 Å². The third-order valence-corrected chi connectivity index (χ3v) is 2.60. The average Bonchev–Trinajstić information content (AvgIpc) is 2.89. The molecule has 0 aromatic heterocycles. The lowest BCUT2D eigenvalue weighted by Crippen LogP contribution is -1.84. The summed E-state index contributed by atoms with van der Waals surface area (Å²) in [7, 11) is 0. The molecule has 0 bridgehead atoms. The molecule has 1 aliphatic heterocycles. The minimum absolute atomic E-state index is 0.137. The van der Waals surface area contributed by atoms with E-state index < -0.39 is 4.92 Å². The Morgan fingerprint density at radius 3 is 1.83 bits per heavy atom. The zero-order chi connectivity index (χ0) is 12.8. The van der Waals surface area contributed by atoms with E-state index in [1.807, 2.05) is 12.1 Å². The molecule has 4 nitrogen and oxygen atoms in total. The standard InChI is InChI=1S/C8H8O.C6H5NO2/c1-2-4-8-6-9-5-7(8)3-1;8-7(9)6-4-2-1-3-5-6/h1-4H,5-6H2;1-5H. The van der Waals surface area contributed by atoms with Crippen LogP contribution in [0.25, 0.3) is 0 Å². The molecule has 92 valence electrons. The highest BCUT2D eigenvalue weighted by Gasteiger charge is 2.07. The van der Waals surface area contributed by atoms with Crippen LogP contribution < -0.4 is 0 Å². The Balaban J connectivity index is 0.000000134. The lowest BCUT2D eigenvalue weighted by Gasteiger charge is -1.90. The van der Waals surface area contributed by atoms with Crippen LogP contribution >= 0.6 is 0 Å². The molecule has 2 aromatic rings. The monoisotopic (exact) mass is 243 g/mol. The second kappa shape index (κ2) is 5.93. The van der Waals surface area contributed by atoms with Gasteiger partial charge in [0.05, 0.1) is 18.1 Å². The molecule has 0 radical (unpaired) electrons. The van der Waals surface area contributed by atoms with Crippen LogP contribution in [-0.4, -0.2) is 4.92 Å². The number of ether oxygens (including phenoxy) is 1. The van der Waals surface area contributed by atoms with Crippen molar-refractivity contribution in [2.24, 2.45) is 0 Å². The van der Waals surface area contributed by atoms with Crippen molar-refractivity contribution < 1.29 is 9.66 Å². The van der Waals surface area contributed by atoms with Gasteiger partial charge in [-0.05, 0) is 11.1 Å². The Morgan fingerprint density at radius 1 is 0.889 bits per heavy atom. The van der Waals surface area contributed by atoms with Gasteiger partial charge in [-0.2, -0.15) is 0 Å². The Hall–Kier alpha value is -2.20. The molecule has 0 fully saturated rings. The summed E-state index contributed by atoms with van der Waals surface area (Å²) in [6, 6.07) is 16.3. The predicted octanol–water partition coefficient (Wildman–Crippen LogP) is 3.31. The van der Waals surface area contributed by atoms with Crippen LogP contribution in [-0.2, 0) is 18.0 Å². The SMILES string of the molecule is O=[N+]([O-])c1ccccc1.c1ccc2c(c1)COC2. The topological polar surface area (TPSA) is 52.4 Å². The van der Waals surface area contributed by atoms with Gasteiger partial charge in [-0.3, -0.25) is 10.1 Å². The Bertz CT molecular complexity index is 503. The van der Waals surface area contributed by atoms with Crippen molar-refractivity contribution in [2.75, 3.05) is 0 Å². The second-order valence-electron chi connectivity index (χ2n) is 3.85. The van der Waals surface area contributed by atoms with E-state index in [9.17, 15) is 10.1 Å². The van der Waals surface area contributed by atoms with Gasteiger partial charge in [-0.25, -0.2) is 0 Å². The molecular formula is C14H13NO3. The fourth-order valence-corrected chi connectivity index (χ4v) is 1.66. The Kier molecular flexibility index (Phi) is 4.04. The maximum atomic E-state index is 10.0. The third kappa shape index (κ3) is 3.15. The highest BCUT2D eigenvalue weighted by atomic mass is 16.6. The first kappa shape index (κ1) is 12.3. The van der Waals surface area contributed by atoms with E-state index in [1.165, 1.54) is 23.3 Å². The zero-order valence-electron chi connectivity index (χ0n) is 9.78. The molecule has 1 heterocycles. The van der Waals surface area contributed by atoms with Gasteiger partial charge >= 0.3 is 0 Å². The third-order valence-electron chi connectivity index (χ3n) is 2.60. The first-order chi connectivity index (χ1) is 8.77. The number of rotatable bonds is 1. The highest BCUT2D eigenvalue weighted by Crippen LogP contribution is 2.17. The largest absolute Gasteiger partial charge is 0.372 e. The van der Waals surface area contributed by atoms with E-state index in [-0.39, 0.29) is 5.69 Å². The summed E-state index contributed by atoms with van der Waals surface area (Å²) in [5.74, 6) is 0. The van der Waals surface area contributed by atoms with Crippen LogP contribution in [0.4, 0.5) is 5.69 Å². The van der Waals surface area contributed by atoms with Gasteiger partial charge in [0.2, 0.25) is 0 Å². The molecule has 2 aromatic carbocycles. The summed E-state index contributed by atoms with van der Waals surface area (Å²) < 4.78 is 5.21. The predicted molar refractivity (Wildman–Crippen MR) is 68.0 cm³/mol. The smallest absolute Gasteiger partial charge is 0.269 e. The molecule has 0 unspecified atom stereocenters. The van der Waals surface area contributed by atoms with Gasteiger partial charge in [-0.1, -0.05) is 42.5 Å². The fourth-order valence-electron chi connectivity index (χ4n) is 1.66. The number of para-hydroxylation sites is 1. The van der Waals surface area contributed by atoms with Crippen LogP contribution in [0, 0.1) is 10.1 Å². The molecule has 1 aliphatic rings. The first-order valence-electron chi connectivity index (χ1n) is 5.61. The van der Waals surface area contributed by atoms with E-state index >= 15 is 0 Å². The Morgan fingerprint density at radius 2 is 1.39 bits per heavy atom. The number of hydrogen-bond donors (Lipinski definition) is 0. The fraction of sp³-hybridized carbons (Fsp3) is 0.143. The van der Waals surface area contributed by atoms with E-state index in [4.69, 9.17) is 4.74 Å². The number of benzene rings is 2.